The van der Waals surface area contributed by atoms with Crippen LogP contribution in [0.5, 0.6) is 0 Å². The Bertz CT molecular complexity index is 515. The third-order valence-electron chi connectivity index (χ3n) is 4.20. The number of hydrogen-bond donors (Lipinski definition) is 1. The van der Waals surface area contributed by atoms with Crippen LogP contribution in [0, 0.1) is 11.7 Å². The Hall–Kier alpha value is -0.560. The molecule has 2 aliphatic rings. The van der Waals surface area contributed by atoms with Crippen LogP contribution in [0.1, 0.15) is 30.0 Å². The molecule has 2 nitrogen and oxygen atoms in total. The largest absolute Gasteiger partial charge is 0.416 e. The van der Waals surface area contributed by atoms with Crippen LogP contribution in [0.15, 0.2) is 18.2 Å². The van der Waals surface area contributed by atoms with Gasteiger partial charge in [-0.15, -0.1) is 24.8 Å². The summed E-state index contributed by atoms with van der Waals surface area (Å²) in [6, 6.07) is 2.86. The van der Waals surface area contributed by atoms with Crippen molar-refractivity contribution in [3.63, 3.8) is 0 Å². The van der Waals surface area contributed by atoms with Gasteiger partial charge in [0.25, 0.3) is 0 Å². The summed E-state index contributed by atoms with van der Waals surface area (Å²) in [5.41, 5.74) is -0.426. The first kappa shape index (κ1) is 20.5. The first-order chi connectivity index (χ1) is 9.95. The lowest BCUT2D eigenvalue weighted by molar-refractivity contribution is -0.137. The van der Waals surface area contributed by atoms with E-state index < -0.39 is 17.6 Å². The molecule has 1 aliphatic heterocycles. The monoisotopic (exact) mass is 374 g/mol. The number of piperazine rings is 1. The fraction of sp³-hybridized carbons (Fsp3) is 0.600. The van der Waals surface area contributed by atoms with Crippen LogP contribution in [-0.2, 0) is 6.18 Å². The van der Waals surface area contributed by atoms with E-state index in [-0.39, 0.29) is 30.9 Å². The number of nitrogens with one attached hydrogen (secondary N) is 1. The van der Waals surface area contributed by atoms with Crippen molar-refractivity contribution in [1.82, 2.24) is 10.2 Å². The summed E-state index contributed by atoms with van der Waals surface area (Å²) in [4.78, 5) is 2.18. The fourth-order valence-corrected chi connectivity index (χ4v) is 3.10. The zero-order chi connectivity index (χ0) is 15.0. The normalized spacial score (nSPS) is 20.3. The molecule has 0 radical (unpaired) electrons. The Morgan fingerprint density at radius 3 is 2.17 bits per heavy atom. The first-order valence-corrected chi connectivity index (χ1v) is 7.27. The fourth-order valence-electron chi connectivity index (χ4n) is 3.10. The van der Waals surface area contributed by atoms with E-state index in [4.69, 9.17) is 0 Å². The highest BCUT2D eigenvalue weighted by Crippen LogP contribution is 2.45. The molecule has 1 heterocycles. The highest BCUT2D eigenvalue weighted by molar-refractivity contribution is 5.85. The van der Waals surface area contributed by atoms with Crippen LogP contribution in [0.25, 0.3) is 0 Å². The summed E-state index contributed by atoms with van der Waals surface area (Å²) < 4.78 is 52.3. The molecule has 3 rings (SSSR count). The topological polar surface area (TPSA) is 15.3 Å². The van der Waals surface area contributed by atoms with E-state index in [1.807, 2.05) is 0 Å². The molecule has 1 N–H and O–H groups in total. The van der Waals surface area contributed by atoms with Crippen LogP contribution in [0.3, 0.4) is 0 Å². The lowest BCUT2D eigenvalue weighted by Gasteiger charge is -2.35. The summed E-state index contributed by atoms with van der Waals surface area (Å²) in [6.45, 7) is 3.23. The third-order valence-corrected chi connectivity index (χ3v) is 4.20. The molecular weight excluding hydrogens is 355 g/mol. The minimum Gasteiger partial charge on any atom is -0.314 e. The second-order valence-electron chi connectivity index (χ2n) is 5.84. The zero-order valence-electron chi connectivity index (χ0n) is 12.4. The second kappa shape index (κ2) is 8.01. The van der Waals surface area contributed by atoms with Crippen molar-refractivity contribution < 1.29 is 17.6 Å². The Labute approximate surface area is 145 Å². The van der Waals surface area contributed by atoms with Crippen LogP contribution in [-0.4, -0.2) is 31.1 Å². The van der Waals surface area contributed by atoms with Crippen molar-refractivity contribution in [3.8, 4) is 0 Å². The van der Waals surface area contributed by atoms with Crippen LogP contribution >= 0.6 is 24.8 Å². The van der Waals surface area contributed by atoms with Gasteiger partial charge in [-0.3, -0.25) is 4.90 Å². The molecule has 132 valence electrons. The predicted molar refractivity (Wildman–Crippen MR) is 85.8 cm³/mol. The summed E-state index contributed by atoms with van der Waals surface area (Å²) in [5, 5.41) is 3.23. The van der Waals surface area contributed by atoms with Crippen molar-refractivity contribution >= 4 is 24.8 Å². The van der Waals surface area contributed by atoms with Crippen molar-refractivity contribution in [1.29, 1.82) is 0 Å². The molecule has 8 heteroatoms. The van der Waals surface area contributed by atoms with E-state index in [2.05, 4.69) is 10.2 Å². The van der Waals surface area contributed by atoms with Gasteiger partial charge in [0.1, 0.15) is 5.82 Å². The maximum Gasteiger partial charge on any atom is 0.416 e. The molecule has 1 atom stereocenters. The molecule has 1 aromatic rings. The van der Waals surface area contributed by atoms with E-state index in [1.54, 1.807) is 0 Å². The second-order valence-corrected chi connectivity index (χ2v) is 5.84. The van der Waals surface area contributed by atoms with Gasteiger partial charge >= 0.3 is 6.18 Å². The highest BCUT2D eigenvalue weighted by Gasteiger charge is 2.39. The molecule has 0 bridgehead atoms. The number of rotatable bonds is 3. The number of nitrogens with zero attached hydrogens (tertiary/aromatic N) is 1. The minimum atomic E-state index is -4.51. The third kappa shape index (κ3) is 4.95. The molecule has 1 saturated carbocycles. The van der Waals surface area contributed by atoms with Crippen LogP contribution in [0.4, 0.5) is 17.6 Å². The molecule has 23 heavy (non-hydrogen) atoms. The average Bonchev–Trinajstić information content (AvgIpc) is 3.23. The van der Waals surface area contributed by atoms with Gasteiger partial charge in [0.15, 0.2) is 0 Å². The Morgan fingerprint density at radius 2 is 1.65 bits per heavy atom. The van der Waals surface area contributed by atoms with Gasteiger partial charge in [-0.2, -0.15) is 13.2 Å². The van der Waals surface area contributed by atoms with Crippen molar-refractivity contribution in [2.45, 2.75) is 25.1 Å². The highest BCUT2D eigenvalue weighted by atomic mass is 35.5. The summed E-state index contributed by atoms with van der Waals surface area (Å²) >= 11 is 0. The van der Waals surface area contributed by atoms with Gasteiger partial charge in [0.05, 0.1) is 5.56 Å². The molecule has 1 saturated heterocycles. The van der Waals surface area contributed by atoms with E-state index >= 15 is 0 Å². The Balaban J connectivity index is 0.00000132. The lowest BCUT2D eigenvalue weighted by atomic mass is 9.97. The molecule has 2 fully saturated rings. The van der Waals surface area contributed by atoms with Gasteiger partial charge in [-0.1, -0.05) is 0 Å². The molecule has 1 aromatic carbocycles. The molecular formula is C15H20Cl2F4N2. The van der Waals surface area contributed by atoms with Crippen molar-refractivity contribution in [3.05, 3.63) is 35.1 Å². The van der Waals surface area contributed by atoms with Gasteiger partial charge in [0.2, 0.25) is 0 Å². The predicted octanol–water partition coefficient (Wildman–Crippen LogP) is 4.04. The van der Waals surface area contributed by atoms with Gasteiger partial charge < -0.3 is 5.32 Å². The first-order valence-electron chi connectivity index (χ1n) is 7.27. The summed E-state index contributed by atoms with van der Waals surface area (Å²) in [7, 11) is 0. The molecule has 0 unspecified atom stereocenters. The molecule has 0 aromatic heterocycles. The number of hydrogen-bond acceptors (Lipinski definition) is 2. The van der Waals surface area contributed by atoms with E-state index in [0.29, 0.717) is 17.5 Å². The van der Waals surface area contributed by atoms with Gasteiger partial charge in [0, 0.05) is 32.2 Å². The Kier molecular flexibility index (Phi) is 7.13. The lowest BCUT2D eigenvalue weighted by Crippen LogP contribution is -2.45. The van der Waals surface area contributed by atoms with Crippen molar-refractivity contribution in [2.75, 3.05) is 26.2 Å². The van der Waals surface area contributed by atoms with Crippen LogP contribution < -0.4 is 5.32 Å². The number of benzene rings is 1. The van der Waals surface area contributed by atoms with E-state index in [0.717, 1.165) is 45.1 Å². The van der Waals surface area contributed by atoms with Gasteiger partial charge in [-0.05, 0) is 42.5 Å². The minimum absolute atomic E-state index is 0. The molecule has 0 spiro atoms. The molecule has 0 amide bonds. The number of alkyl halides is 3. The molecule has 1 aliphatic carbocycles. The number of halogens is 6. The quantitative estimate of drug-likeness (QED) is 0.803. The van der Waals surface area contributed by atoms with E-state index in [1.165, 1.54) is 6.07 Å². The standard InChI is InChI=1S/C15H18F4N2.2ClH/c16-13-8-11(7-12(9-13)15(17,18)19)14(10-1-2-10)21-5-3-20-4-6-21;;/h7-10,14,20H,1-6H2;2*1H/t14-;;/m1../s1. The van der Waals surface area contributed by atoms with E-state index in [9.17, 15) is 17.6 Å². The SMILES string of the molecule is Cl.Cl.Fc1cc([C@@H](C2CC2)N2CCNCC2)cc(C(F)(F)F)c1. The average molecular weight is 375 g/mol. The maximum absolute atomic E-state index is 13.6. The van der Waals surface area contributed by atoms with Crippen molar-refractivity contribution in [2.24, 2.45) is 5.92 Å². The Morgan fingerprint density at radius 1 is 1.04 bits per heavy atom. The zero-order valence-corrected chi connectivity index (χ0v) is 14.0. The van der Waals surface area contributed by atoms with Gasteiger partial charge in [-0.25, -0.2) is 4.39 Å². The van der Waals surface area contributed by atoms with Crippen LogP contribution in [0.2, 0.25) is 0 Å². The summed E-state index contributed by atoms with van der Waals surface area (Å²) in [6.07, 6.45) is -2.49. The smallest absolute Gasteiger partial charge is 0.314 e. The maximum atomic E-state index is 13.6. The summed E-state index contributed by atoms with van der Waals surface area (Å²) in [5.74, 6) is -0.452.